The summed E-state index contributed by atoms with van der Waals surface area (Å²) in [6.07, 6.45) is 0.295. The van der Waals surface area contributed by atoms with Crippen LogP contribution in [0.25, 0.3) is 0 Å². The van der Waals surface area contributed by atoms with Crippen LogP contribution in [-0.4, -0.2) is 42.4 Å². The van der Waals surface area contributed by atoms with Crippen LogP contribution in [0.15, 0.2) is 53.7 Å². The molecule has 1 aliphatic heterocycles. The number of ether oxygens (including phenoxy) is 1. The molecule has 0 spiro atoms. The maximum atomic E-state index is 13.2. The average molecular weight is 399 g/mol. The number of methoxy groups -OCH3 is 1. The molecular weight excluding hydrogens is 373 g/mol. The van der Waals surface area contributed by atoms with Gasteiger partial charge in [-0.25, -0.2) is 9.18 Å². The van der Waals surface area contributed by atoms with E-state index in [2.05, 4.69) is 10.5 Å². The summed E-state index contributed by atoms with van der Waals surface area (Å²) in [6.45, 7) is 4.52. The highest BCUT2D eigenvalue weighted by atomic mass is 19.1. The van der Waals surface area contributed by atoms with Crippen molar-refractivity contribution in [2.24, 2.45) is 5.16 Å². The number of hydrogen-bond donors (Lipinski definition) is 1. The zero-order valence-corrected chi connectivity index (χ0v) is 16.9. The van der Waals surface area contributed by atoms with Gasteiger partial charge in [0.1, 0.15) is 11.6 Å². The van der Waals surface area contributed by atoms with E-state index in [4.69, 9.17) is 9.57 Å². The molecule has 2 aromatic rings. The summed E-state index contributed by atoms with van der Waals surface area (Å²) in [5.41, 5.74) is 2.52. The molecule has 0 unspecified atom stereocenters. The molecule has 0 aliphatic carbocycles. The van der Waals surface area contributed by atoms with E-state index in [1.54, 1.807) is 24.1 Å². The van der Waals surface area contributed by atoms with Crippen molar-refractivity contribution in [2.75, 3.05) is 13.7 Å². The van der Waals surface area contributed by atoms with Gasteiger partial charge in [0.15, 0.2) is 6.10 Å². The fourth-order valence-corrected chi connectivity index (χ4v) is 3.18. The van der Waals surface area contributed by atoms with Crippen LogP contribution in [0.3, 0.4) is 0 Å². The second-order valence-electron chi connectivity index (χ2n) is 7.28. The van der Waals surface area contributed by atoms with Crippen LogP contribution < -0.4 is 10.1 Å². The van der Waals surface area contributed by atoms with Crippen molar-refractivity contribution in [1.82, 2.24) is 10.2 Å². The monoisotopic (exact) mass is 399 g/mol. The van der Waals surface area contributed by atoms with E-state index in [1.807, 2.05) is 38.1 Å². The minimum Gasteiger partial charge on any atom is -0.496 e. The summed E-state index contributed by atoms with van der Waals surface area (Å²) in [7, 11) is 1.62. The summed E-state index contributed by atoms with van der Waals surface area (Å²) in [4.78, 5) is 20.0. The molecule has 6 nitrogen and oxygen atoms in total. The predicted octanol–water partition coefficient (Wildman–Crippen LogP) is 3.95. The van der Waals surface area contributed by atoms with Crippen LogP contribution in [0.1, 0.15) is 31.4 Å². The average Bonchev–Trinajstić information content (AvgIpc) is 3.17. The van der Waals surface area contributed by atoms with Gasteiger partial charge in [-0.05, 0) is 43.7 Å². The van der Waals surface area contributed by atoms with Crippen molar-refractivity contribution in [1.29, 1.82) is 0 Å². The van der Waals surface area contributed by atoms with Crippen LogP contribution in [0.2, 0.25) is 0 Å². The third kappa shape index (κ3) is 5.47. The molecule has 2 amide bonds. The maximum Gasteiger partial charge on any atom is 0.318 e. The van der Waals surface area contributed by atoms with Gasteiger partial charge in [0.25, 0.3) is 0 Å². The van der Waals surface area contributed by atoms with E-state index >= 15 is 0 Å². The third-order valence-electron chi connectivity index (χ3n) is 4.56. The normalized spacial score (nSPS) is 15.6. The van der Waals surface area contributed by atoms with Gasteiger partial charge in [-0.1, -0.05) is 29.4 Å². The number of rotatable bonds is 7. The van der Waals surface area contributed by atoms with E-state index in [0.717, 1.165) is 22.6 Å². The number of para-hydroxylation sites is 1. The molecule has 7 heteroatoms. The summed E-state index contributed by atoms with van der Waals surface area (Å²) in [5.74, 6) is 0.428. The van der Waals surface area contributed by atoms with E-state index in [-0.39, 0.29) is 24.0 Å². The number of hydrogen-bond acceptors (Lipinski definition) is 4. The summed E-state index contributed by atoms with van der Waals surface area (Å²) >= 11 is 0. The first-order valence-electron chi connectivity index (χ1n) is 9.62. The molecule has 2 aromatic carbocycles. The lowest BCUT2D eigenvalue weighted by Gasteiger charge is -2.26. The van der Waals surface area contributed by atoms with Crippen molar-refractivity contribution in [3.8, 4) is 5.75 Å². The van der Waals surface area contributed by atoms with Gasteiger partial charge in [0, 0.05) is 24.6 Å². The second-order valence-corrected chi connectivity index (χ2v) is 7.28. The van der Waals surface area contributed by atoms with Crippen molar-refractivity contribution in [3.63, 3.8) is 0 Å². The highest BCUT2D eigenvalue weighted by molar-refractivity contribution is 6.03. The summed E-state index contributed by atoms with van der Waals surface area (Å²) in [6, 6.07) is 13.6. The van der Waals surface area contributed by atoms with Gasteiger partial charge in [0.05, 0.1) is 19.4 Å². The lowest BCUT2D eigenvalue weighted by molar-refractivity contribution is 0.0586. The van der Waals surface area contributed by atoms with Crippen LogP contribution in [0.5, 0.6) is 5.75 Å². The maximum absolute atomic E-state index is 13.2. The van der Waals surface area contributed by atoms with Crippen molar-refractivity contribution >= 4 is 11.7 Å². The standard InChI is InChI=1S/C22H26FN3O3/c1-15(2)24-22(27)26(13-16-8-10-17(23)11-9-16)14-18-12-20(25-29-18)19-6-4-5-7-21(19)28-3/h4-11,15,18H,12-14H2,1-3H3,(H,24,27)/t18-/m1/s1. The molecule has 0 fully saturated rings. The Bertz CT molecular complexity index is 868. The first kappa shape index (κ1) is 20.6. The number of amides is 2. The minimum absolute atomic E-state index is 0.00288. The fraction of sp³-hybridized carbons (Fsp3) is 0.364. The van der Waals surface area contributed by atoms with Crippen LogP contribution in [0.4, 0.5) is 9.18 Å². The Hall–Kier alpha value is -3.09. The number of halogens is 1. The fourth-order valence-electron chi connectivity index (χ4n) is 3.18. The molecular formula is C22H26FN3O3. The lowest BCUT2D eigenvalue weighted by atomic mass is 10.0. The third-order valence-corrected chi connectivity index (χ3v) is 4.56. The van der Waals surface area contributed by atoms with Gasteiger partial charge in [-0.3, -0.25) is 0 Å². The smallest absolute Gasteiger partial charge is 0.318 e. The molecule has 0 saturated carbocycles. The molecule has 0 bridgehead atoms. The van der Waals surface area contributed by atoms with Crippen molar-refractivity contribution in [2.45, 2.75) is 39.0 Å². The summed E-state index contributed by atoms with van der Waals surface area (Å²) < 4.78 is 18.6. The van der Waals surface area contributed by atoms with Gasteiger partial charge in [0.2, 0.25) is 0 Å². The molecule has 0 saturated heterocycles. The topological polar surface area (TPSA) is 63.2 Å². The van der Waals surface area contributed by atoms with Gasteiger partial charge >= 0.3 is 6.03 Å². The Morgan fingerprint density at radius 1 is 1.28 bits per heavy atom. The molecule has 1 heterocycles. The lowest BCUT2D eigenvalue weighted by Crippen LogP contribution is -2.45. The quantitative estimate of drug-likeness (QED) is 0.767. The predicted molar refractivity (Wildman–Crippen MR) is 109 cm³/mol. The van der Waals surface area contributed by atoms with E-state index < -0.39 is 0 Å². The Morgan fingerprint density at radius 3 is 2.69 bits per heavy atom. The highest BCUT2D eigenvalue weighted by Gasteiger charge is 2.28. The van der Waals surface area contributed by atoms with Gasteiger partial charge in [-0.15, -0.1) is 0 Å². The first-order chi connectivity index (χ1) is 14.0. The molecule has 0 radical (unpaired) electrons. The SMILES string of the molecule is COc1ccccc1C1=NO[C@@H](CN(Cc2ccc(F)cc2)C(=O)NC(C)C)C1. The Balaban J connectivity index is 1.69. The number of oxime groups is 1. The number of benzene rings is 2. The first-order valence-corrected chi connectivity index (χ1v) is 9.62. The molecule has 0 aromatic heterocycles. The Morgan fingerprint density at radius 2 is 2.00 bits per heavy atom. The molecule has 1 atom stereocenters. The summed E-state index contributed by atoms with van der Waals surface area (Å²) in [5, 5.41) is 7.13. The number of nitrogens with zero attached hydrogens (tertiary/aromatic N) is 2. The molecule has 3 rings (SSSR count). The van der Waals surface area contributed by atoms with E-state index in [1.165, 1.54) is 12.1 Å². The molecule has 29 heavy (non-hydrogen) atoms. The second kappa shape index (κ2) is 9.41. The zero-order valence-electron chi connectivity index (χ0n) is 16.9. The Kier molecular flexibility index (Phi) is 6.69. The van der Waals surface area contributed by atoms with Crippen LogP contribution in [0, 0.1) is 5.82 Å². The molecule has 154 valence electrons. The zero-order chi connectivity index (χ0) is 20.8. The molecule has 1 aliphatic rings. The number of carbonyl (C=O) groups excluding carboxylic acids is 1. The van der Waals surface area contributed by atoms with Gasteiger partial charge in [-0.2, -0.15) is 0 Å². The molecule has 1 N–H and O–H groups in total. The number of urea groups is 1. The van der Waals surface area contributed by atoms with Crippen molar-refractivity contribution in [3.05, 3.63) is 65.5 Å². The van der Waals surface area contributed by atoms with E-state index in [0.29, 0.717) is 19.5 Å². The van der Waals surface area contributed by atoms with Crippen LogP contribution in [-0.2, 0) is 11.4 Å². The largest absolute Gasteiger partial charge is 0.496 e. The number of nitrogens with one attached hydrogen (secondary N) is 1. The highest BCUT2D eigenvalue weighted by Crippen LogP contribution is 2.25. The number of carbonyl (C=O) groups is 1. The van der Waals surface area contributed by atoms with Crippen molar-refractivity contribution < 1.29 is 18.8 Å². The van der Waals surface area contributed by atoms with Gasteiger partial charge < -0.3 is 19.8 Å². The Labute approximate surface area is 170 Å². The minimum atomic E-state index is -0.305. The van der Waals surface area contributed by atoms with E-state index in [9.17, 15) is 9.18 Å². The van der Waals surface area contributed by atoms with Crippen LogP contribution >= 0.6 is 0 Å².